The smallest absolute Gasteiger partial charge is 0.383 e. The van der Waals surface area contributed by atoms with Crippen molar-refractivity contribution in [3.63, 3.8) is 0 Å². The molecule has 0 bridgehead atoms. The molecule has 0 radical (unpaired) electrons. The lowest BCUT2D eigenvalue weighted by atomic mass is 9.94. The molecule has 1 fully saturated rings. The SMILES string of the molecule is Nc1nc2ccc(C(=O)N(CC3CC3)C3COCc4cc(C(F)(F)F)ccc43)cc2c2cnccc12. The van der Waals surface area contributed by atoms with Crippen molar-refractivity contribution in [2.24, 2.45) is 5.92 Å². The molecule has 1 amide bonds. The van der Waals surface area contributed by atoms with Gasteiger partial charge in [0.1, 0.15) is 5.82 Å². The molecule has 1 aliphatic heterocycles. The van der Waals surface area contributed by atoms with Crippen LogP contribution in [-0.4, -0.2) is 33.9 Å². The number of ether oxygens (including phenoxy) is 1. The highest BCUT2D eigenvalue weighted by molar-refractivity contribution is 6.11. The number of fused-ring (bicyclic) bond motifs is 4. The third kappa shape index (κ3) is 4.03. The molecule has 2 aromatic carbocycles. The summed E-state index contributed by atoms with van der Waals surface area (Å²) in [6, 6.07) is 10.3. The standard InChI is InChI=1S/C27H23F3N4O2/c28-27(29,30)18-4-5-19-17(9-18)13-36-14-24(19)34(12-15-1-2-15)26(35)16-3-6-23-21(10-16)22-11-32-8-7-20(22)25(31)33-23/h3-11,15,24H,1-2,12-14H2,(H2,31,33). The van der Waals surface area contributed by atoms with E-state index in [1.165, 1.54) is 6.07 Å². The maximum atomic E-state index is 13.9. The Hall–Kier alpha value is -3.72. The van der Waals surface area contributed by atoms with E-state index in [4.69, 9.17) is 10.5 Å². The number of amides is 1. The number of carbonyl (C=O) groups excluding carboxylic acids is 1. The fourth-order valence-corrected chi connectivity index (χ4v) is 4.96. The van der Waals surface area contributed by atoms with Crippen LogP contribution >= 0.6 is 0 Å². The Kier molecular flexibility index (Phi) is 5.33. The van der Waals surface area contributed by atoms with Crippen LogP contribution < -0.4 is 5.73 Å². The number of hydrogen-bond acceptors (Lipinski definition) is 5. The quantitative estimate of drug-likeness (QED) is 0.380. The number of halogens is 3. The van der Waals surface area contributed by atoms with Crippen LogP contribution in [0.15, 0.2) is 54.9 Å². The van der Waals surface area contributed by atoms with Crippen molar-refractivity contribution >= 4 is 33.4 Å². The van der Waals surface area contributed by atoms with E-state index in [1.807, 2.05) is 0 Å². The van der Waals surface area contributed by atoms with Crippen molar-refractivity contribution < 1.29 is 22.7 Å². The molecule has 1 aliphatic carbocycles. The highest BCUT2D eigenvalue weighted by Crippen LogP contribution is 2.39. The van der Waals surface area contributed by atoms with Crippen LogP contribution in [0.5, 0.6) is 0 Å². The van der Waals surface area contributed by atoms with E-state index in [-0.39, 0.29) is 19.1 Å². The van der Waals surface area contributed by atoms with Crippen molar-refractivity contribution in [1.29, 1.82) is 0 Å². The van der Waals surface area contributed by atoms with Crippen molar-refractivity contribution in [2.75, 3.05) is 18.9 Å². The van der Waals surface area contributed by atoms with Gasteiger partial charge < -0.3 is 15.4 Å². The second-order valence-electron chi connectivity index (χ2n) is 9.49. The van der Waals surface area contributed by atoms with E-state index in [1.54, 1.807) is 41.6 Å². The third-order valence-corrected chi connectivity index (χ3v) is 7.02. The first-order chi connectivity index (χ1) is 17.3. The molecule has 1 saturated carbocycles. The molecule has 36 heavy (non-hydrogen) atoms. The Balaban J connectivity index is 1.41. The number of alkyl halides is 3. The third-order valence-electron chi connectivity index (χ3n) is 7.02. The molecule has 6 nitrogen and oxygen atoms in total. The van der Waals surface area contributed by atoms with E-state index in [2.05, 4.69) is 9.97 Å². The van der Waals surface area contributed by atoms with Crippen LogP contribution in [0.4, 0.5) is 19.0 Å². The lowest BCUT2D eigenvalue weighted by molar-refractivity contribution is -0.137. The van der Waals surface area contributed by atoms with Gasteiger partial charge in [0.05, 0.1) is 30.3 Å². The first-order valence-electron chi connectivity index (χ1n) is 11.8. The molecule has 184 valence electrons. The molecule has 1 unspecified atom stereocenters. The lowest BCUT2D eigenvalue weighted by Crippen LogP contribution is -2.40. The van der Waals surface area contributed by atoms with E-state index in [0.29, 0.717) is 40.5 Å². The number of nitrogens with two attached hydrogens (primary N) is 1. The summed E-state index contributed by atoms with van der Waals surface area (Å²) in [7, 11) is 0. The van der Waals surface area contributed by atoms with Gasteiger partial charge in [-0.15, -0.1) is 0 Å². The van der Waals surface area contributed by atoms with Crippen molar-refractivity contribution in [3.8, 4) is 0 Å². The van der Waals surface area contributed by atoms with Gasteiger partial charge in [-0.2, -0.15) is 13.2 Å². The average Bonchev–Trinajstić information content (AvgIpc) is 3.70. The zero-order valence-electron chi connectivity index (χ0n) is 19.3. The second-order valence-corrected chi connectivity index (χ2v) is 9.49. The fourth-order valence-electron chi connectivity index (χ4n) is 4.96. The minimum absolute atomic E-state index is 0.0866. The van der Waals surface area contributed by atoms with Gasteiger partial charge in [0.15, 0.2) is 0 Å². The van der Waals surface area contributed by atoms with Gasteiger partial charge in [-0.05, 0) is 66.3 Å². The van der Waals surface area contributed by atoms with Gasteiger partial charge in [0.25, 0.3) is 5.91 Å². The van der Waals surface area contributed by atoms with Crippen LogP contribution in [0.3, 0.4) is 0 Å². The number of pyridine rings is 2. The van der Waals surface area contributed by atoms with Crippen LogP contribution in [0.25, 0.3) is 21.7 Å². The van der Waals surface area contributed by atoms with Crippen LogP contribution in [-0.2, 0) is 17.5 Å². The number of nitrogens with zero attached hydrogens (tertiary/aromatic N) is 3. The number of benzene rings is 2. The molecule has 4 aromatic rings. The van der Waals surface area contributed by atoms with E-state index in [9.17, 15) is 18.0 Å². The van der Waals surface area contributed by atoms with Gasteiger partial charge in [0.2, 0.25) is 0 Å². The van der Waals surface area contributed by atoms with Gasteiger partial charge >= 0.3 is 6.18 Å². The monoisotopic (exact) mass is 492 g/mol. The zero-order valence-corrected chi connectivity index (χ0v) is 19.3. The Bertz CT molecular complexity index is 1500. The summed E-state index contributed by atoms with van der Waals surface area (Å²) in [6.07, 6.45) is 0.952. The summed E-state index contributed by atoms with van der Waals surface area (Å²) < 4.78 is 45.5. The number of carbonyl (C=O) groups is 1. The summed E-state index contributed by atoms with van der Waals surface area (Å²) in [5.74, 6) is 0.572. The van der Waals surface area contributed by atoms with Gasteiger partial charge in [-0.1, -0.05) is 6.07 Å². The van der Waals surface area contributed by atoms with Crippen molar-refractivity contribution in [3.05, 3.63) is 77.1 Å². The normalized spacial score (nSPS) is 17.8. The first-order valence-corrected chi connectivity index (χ1v) is 11.8. The number of anilines is 1. The highest BCUT2D eigenvalue weighted by atomic mass is 19.4. The predicted octanol–water partition coefficient (Wildman–Crippen LogP) is 5.51. The predicted molar refractivity (Wildman–Crippen MR) is 129 cm³/mol. The summed E-state index contributed by atoms with van der Waals surface area (Å²) in [5.41, 5.74) is 7.69. The zero-order chi connectivity index (χ0) is 25.0. The molecule has 0 spiro atoms. The average molecular weight is 493 g/mol. The number of nitrogen functional groups attached to an aromatic ring is 1. The molecule has 2 aromatic heterocycles. The Morgan fingerprint density at radius 3 is 2.69 bits per heavy atom. The molecular weight excluding hydrogens is 469 g/mol. The highest BCUT2D eigenvalue weighted by Gasteiger charge is 2.37. The molecule has 1 atom stereocenters. The minimum Gasteiger partial charge on any atom is -0.383 e. The Morgan fingerprint density at radius 1 is 1.08 bits per heavy atom. The van der Waals surface area contributed by atoms with E-state index < -0.39 is 17.8 Å². The molecule has 2 aliphatic rings. The van der Waals surface area contributed by atoms with E-state index in [0.717, 1.165) is 41.1 Å². The first kappa shape index (κ1) is 22.7. The molecular formula is C27H23F3N4O2. The molecule has 2 N–H and O–H groups in total. The molecule has 6 rings (SSSR count). The summed E-state index contributed by atoms with van der Waals surface area (Å²) in [4.78, 5) is 24.4. The molecule has 0 saturated heterocycles. The number of hydrogen-bond donors (Lipinski definition) is 1. The minimum atomic E-state index is -4.44. The van der Waals surface area contributed by atoms with Crippen LogP contribution in [0.2, 0.25) is 0 Å². The molecule has 3 heterocycles. The maximum Gasteiger partial charge on any atom is 0.416 e. The van der Waals surface area contributed by atoms with Gasteiger partial charge in [0, 0.05) is 40.7 Å². The lowest BCUT2D eigenvalue weighted by Gasteiger charge is -2.36. The van der Waals surface area contributed by atoms with E-state index >= 15 is 0 Å². The summed E-state index contributed by atoms with van der Waals surface area (Å²) in [6.45, 7) is 0.840. The van der Waals surface area contributed by atoms with Crippen LogP contribution in [0.1, 0.15) is 45.9 Å². The van der Waals surface area contributed by atoms with Crippen molar-refractivity contribution in [1.82, 2.24) is 14.9 Å². The number of aromatic nitrogens is 2. The molecule has 9 heteroatoms. The van der Waals surface area contributed by atoms with Gasteiger partial charge in [-0.3, -0.25) is 9.78 Å². The topological polar surface area (TPSA) is 81.3 Å². The summed E-state index contributed by atoms with van der Waals surface area (Å²) in [5, 5.41) is 2.32. The van der Waals surface area contributed by atoms with Gasteiger partial charge in [-0.25, -0.2) is 4.98 Å². The summed E-state index contributed by atoms with van der Waals surface area (Å²) >= 11 is 0. The van der Waals surface area contributed by atoms with Crippen LogP contribution in [0, 0.1) is 5.92 Å². The maximum absolute atomic E-state index is 13.9. The number of rotatable bonds is 4. The fraction of sp³-hybridized carbons (Fsp3) is 0.296. The Morgan fingerprint density at radius 2 is 1.92 bits per heavy atom. The Labute approximate surface area is 204 Å². The van der Waals surface area contributed by atoms with Crippen molar-refractivity contribution in [2.45, 2.75) is 31.7 Å². The largest absolute Gasteiger partial charge is 0.416 e. The second kappa shape index (κ2) is 8.44.